The quantitative estimate of drug-likeness (QED) is 0.857. The van der Waals surface area contributed by atoms with E-state index >= 15 is 0 Å². The van der Waals surface area contributed by atoms with E-state index in [1.165, 1.54) is 12.7 Å². The van der Waals surface area contributed by atoms with E-state index in [1.54, 1.807) is 0 Å². The molecule has 0 saturated carbocycles. The van der Waals surface area contributed by atoms with Crippen molar-refractivity contribution < 1.29 is 4.74 Å². The van der Waals surface area contributed by atoms with Crippen molar-refractivity contribution in [1.82, 2.24) is 15.0 Å². The van der Waals surface area contributed by atoms with Crippen LogP contribution in [0.5, 0.6) is 6.01 Å². The van der Waals surface area contributed by atoms with Gasteiger partial charge in [-0.1, -0.05) is 17.7 Å². The Balaban J connectivity index is 2.30. The van der Waals surface area contributed by atoms with Crippen LogP contribution in [0, 0.1) is 13.8 Å². The largest absolute Gasteiger partial charge is 0.467 e. The van der Waals surface area contributed by atoms with Crippen LogP contribution in [0.25, 0.3) is 0 Å². The van der Waals surface area contributed by atoms with E-state index < -0.39 is 0 Å². The average molecular weight is 245 g/mol. The molecule has 0 aliphatic carbocycles. The summed E-state index contributed by atoms with van der Waals surface area (Å²) in [6, 6.07) is 6.24. The first-order valence-electron chi connectivity index (χ1n) is 5.48. The fourth-order valence-electron chi connectivity index (χ4n) is 1.59. The summed E-state index contributed by atoms with van der Waals surface area (Å²) in [4.78, 5) is 11.9. The summed E-state index contributed by atoms with van der Waals surface area (Å²) in [6.45, 7) is 4.05. The number of hydrogen-bond acceptors (Lipinski definition) is 6. The lowest BCUT2D eigenvalue weighted by Crippen LogP contribution is -2.05. The molecule has 0 amide bonds. The standard InChI is InChI=1S/C12H15N5O/c1-7-4-5-9(8(2)6-7)14-11-15-10(13)16-12(17-11)18-3/h4-6H,1-3H3,(H3,13,14,15,16,17). The monoisotopic (exact) mass is 245 g/mol. The predicted octanol–water partition coefficient (Wildman–Crippen LogP) is 1.82. The molecule has 0 saturated heterocycles. The third kappa shape index (κ3) is 2.65. The summed E-state index contributed by atoms with van der Waals surface area (Å²) in [5, 5.41) is 3.09. The van der Waals surface area contributed by atoms with Gasteiger partial charge in [0.25, 0.3) is 0 Å². The molecule has 3 N–H and O–H groups in total. The summed E-state index contributed by atoms with van der Waals surface area (Å²) < 4.78 is 4.94. The molecule has 18 heavy (non-hydrogen) atoms. The summed E-state index contributed by atoms with van der Waals surface area (Å²) in [5.41, 5.74) is 8.80. The zero-order valence-corrected chi connectivity index (χ0v) is 10.6. The lowest BCUT2D eigenvalue weighted by molar-refractivity contribution is 0.380. The Morgan fingerprint density at radius 1 is 1.17 bits per heavy atom. The molecule has 0 spiro atoms. The van der Waals surface area contributed by atoms with E-state index in [4.69, 9.17) is 10.5 Å². The van der Waals surface area contributed by atoms with Crippen LogP contribution in [0.2, 0.25) is 0 Å². The summed E-state index contributed by atoms with van der Waals surface area (Å²) in [6.07, 6.45) is 0. The van der Waals surface area contributed by atoms with Crippen molar-refractivity contribution in [1.29, 1.82) is 0 Å². The van der Waals surface area contributed by atoms with Gasteiger partial charge < -0.3 is 15.8 Å². The van der Waals surface area contributed by atoms with E-state index in [0.29, 0.717) is 5.95 Å². The van der Waals surface area contributed by atoms with Gasteiger partial charge in [-0.3, -0.25) is 0 Å². The number of nitrogens with zero attached hydrogens (tertiary/aromatic N) is 3. The Kier molecular flexibility index (Phi) is 3.27. The van der Waals surface area contributed by atoms with Crippen LogP contribution in [-0.2, 0) is 0 Å². The van der Waals surface area contributed by atoms with E-state index in [1.807, 2.05) is 26.0 Å². The summed E-state index contributed by atoms with van der Waals surface area (Å²) >= 11 is 0. The first kappa shape index (κ1) is 12.1. The second kappa shape index (κ2) is 4.87. The van der Waals surface area contributed by atoms with Gasteiger partial charge in [0.15, 0.2) is 0 Å². The van der Waals surface area contributed by atoms with Gasteiger partial charge in [-0.25, -0.2) is 0 Å². The zero-order valence-electron chi connectivity index (χ0n) is 10.6. The maximum atomic E-state index is 5.57. The molecule has 1 aromatic carbocycles. The van der Waals surface area contributed by atoms with Crippen LogP contribution in [-0.4, -0.2) is 22.1 Å². The number of rotatable bonds is 3. The molecule has 0 unspecified atom stereocenters. The van der Waals surface area contributed by atoms with Crippen LogP contribution < -0.4 is 15.8 Å². The molecule has 2 aromatic rings. The third-order valence-corrected chi connectivity index (χ3v) is 2.44. The lowest BCUT2D eigenvalue weighted by atomic mass is 10.1. The lowest BCUT2D eigenvalue weighted by Gasteiger charge is -2.09. The summed E-state index contributed by atoms with van der Waals surface area (Å²) in [5.74, 6) is 0.486. The van der Waals surface area contributed by atoms with Crippen molar-refractivity contribution >= 4 is 17.6 Å². The Morgan fingerprint density at radius 3 is 2.61 bits per heavy atom. The molecule has 1 heterocycles. The second-order valence-corrected chi connectivity index (χ2v) is 3.95. The maximum Gasteiger partial charge on any atom is 0.322 e. The van der Waals surface area contributed by atoms with Crippen LogP contribution in [0.1, 0.15) is 11.1 Å². The van der Waals surface area contributed by atoms with Crippen molar-refractivity contribution in [3.05, 3.63) is 29.3 Å². The minimum absolute atomic E-state index is 0.120. The van der Waals surface area contributed by atoms with Crippen LogP contribution in [0.15, 0.2) is 18.2 Å². The first-order chi connectivity index (χ1) is 8.58. The fourth-order valence-corrected chi connectivity index (χ4v) is 1.59. The van der Waals surface area contributed by atoms with Gasteiger partial charge in [0.05, 0.1) is 7.11 Å². The molecule has 0 atom stereocenters. The minimum Gasteiger partial charge on any atom is -0.467 e. The predicted molar refractivity (Wildman–Crippen MR) is 70.0 cm³/mol. The SMILES string of the molecule is COc1nc(N)nc(Nc2ccc(C)cc2C)n1. The van der Waals surface area contributed by atoms with Gasteiger partial charge in [0.2, 0.25) is 11.9 Å². The third-order valence-electron chi connectivity index (χ3n) is 2.44. The molecule has 0 radical (unpaired) electrons. The second-order valence-electron chi connectivity index (χ2n) is 3.95. The van der Waals surface area contributed by atoms with E-state index in [0.717, 1.165) is 11.3 Å². The molecule has 6 heteroatoms. The van der Waals surface area contributed by atoms with E-state index in [2.05, 4.69) is 26.3 Å². The van der Waals surface area contributed by atoms with Gasteiger partial charge in [-0.05, 0) is 25.5 Å². The number of hydrogen-bond donors (Lipinski definition) is 2. The number of aromatic nitrogens is 3. The molecule has 0 bridgehead atoms. The topological polar surface area (TPSA) is 86.0 Å². The number of ether oxygens (including phenoxy) is 1. The van der Waals surface area contributed by atoms with Gasteiger partial charge in [0.1, 0.15) is 0 Å². The number of anilines is 3. The molecule has 0 aliphatic rings. The van der Waals surface area contributed by atoms with Crippen LogP contribution in [0.4, 0.5) is 17.6 Å². The number of methoxy groups -OCH3 is 1. The van der Waals surface area contributed by atoms with Crippen molar-refractivity contribution in [2.45, 2.75) is 13.8 Å². The molecule has 0 fully saturated rings. The highest BCUT2D eigenvalue weighted by Gasteiger charge is 2.06. The fraction of sp³-hybridized carbons (Fsp3) is 0.250. The number of aryl methyl sites for hydroxylation is 2. The van der Waals surface area contributed by atoms with E-state index in [9.17, 15) is 0 Å². The Morgan fingerprint density at radius 2 is 1.94 bits per heavy atom. The highest BCUT2D eigenvalue weighted by atomic mass is 16.5. The average Bonchev–Trinajstić information content (AvgIpc) is 2.32. The van der Waals surface area contributed by atoms with Crippen LogP contribution >= 0.6 is 0 Å². The molecule has 6 nitrogen and oxygen atoms in total. The molecule has 2 rings (SSSR count). The van der Waals surface area contributed by atoms with Crippen molar-refractivity contribution in [3.63, 3.8) is 0 Å². The van der Waals surface area contributed by atoms with Crippen LogP contribution in [0.3, 0.4) is 0 Å². The molecule has 0 aliphatic heterocycles. The molecular weight excluding hydrogens is 230 g/mol. The smallest absolute Gasteiger partial charge is 0.322 e. The summed E-state index contributed by atoms with van der Waals surface area (Å²) in [7, 11) is 1.48. The van der Waals surface area contributed by atoms with Gasteiger partial charge in [-0.15, -0.1) is 0 Å². The molecule has 1 aromatic heterocycles. The normalized spacial score (nSPS) is 10.2. The van der Waals surface area contributed by atoms with Gasteiger partial charge >= 0.3 is 6.01 Å². The Labute approximate surface area is 105 Å². The van der Waals surface area contributed by atoms with Crippen molar-refractivity contribution in [2.24, 2.45) is 0 Å². The Hall–Kier alpha value is -2.37. The Bertz CT molecular complexity index is 570. The first-order valence-corrected chi connectivity index (χ1v) is 5.48. The highest BCUT2D eigenvalue weighted by molar-refractivity contribution is 5.59. The molecule has 94 valence electrons. The van der Waals surface area contributed by atoms with Gasteiger partial charge in [0, 0.05) is 5.69 Å². The van der Waals surface area contributed by atoms with E-state index in [-0.39, 0.29) is 12.0 Å². The number of nitrogens with one attached hydrogen (secondary N) is 1. The number of nitrogen functional groups attached to an aromatic ring is 1. The number of nitrogens with two attached hydrogens (primary N) is 1. The van der Waals surface area contributed by atoms with Crippen molar-refractivity contribution in [3.8, 4) is 6.01 Å². The minimum atomic E-state index is 0.120. The number of benzene rings is 1. The van der Waals surface area contributed by atoms with Gasteiger partial charge in [-0.2, -0.15) is 15.0 Å². The zero-order chi connectivity index (χ0) is 13.1. The maximum absolute atomic E-state index is 5.57. The highest BCUT2D eigenvalue weighted by Crippen LogP contribution is 2.20. The van der Waals surface area contributed by atoms with Crippen molar-refractivity contribution in [2.75, 3.05) is 18.2 Å². The molecular formula is C12H15N5O.